The SMILES string of the molecule is Cc1ccc(C)n1-c1cccc(Nc2ncc(F)c(Nc3ccccc3NS(C)(=O)=O)n2)c1. The van der Waals surface area contributed by atoms with Crippen LogP contribution in [0.3, 0.4) is 0 Å². The highest BCUT2D eigenvalue weighted by Gasteiger charge is 2.12. The molecular formula is C23H23FN6O2S. The van der Waals surface area contributed by atoms with Gasteiger partial charge in [-0.3, -0.25) is 4.72 Å². The fourth-order valence-electron chi connectivity index (χ4n) is 3.45. The van der Waals surface area contributed by atoms with Gasteiger partial charge in [-0.05, 0) is 56.3 Å². The van der Waals surface area contributed by atoms with E-state index in [-0.39, 0.29) is 17.5 Å². The largest absolute Gasteiger partial charge is 0.336 e. The van der Waals surface area contributed by atoms with Crippen LogP contribution in [0, 0.1) is 19.7 Å². The van der Waals surface area contributed by atoms with Crippen molar-refractivity contribution in [3.63, 3.8) is 0 Å². The van der Waals surface area contributed by atoms with Gasteiger partial charge in [0.15, 0.2) is 11.6 Å². The summed E-state index contributed by atoms with van der Waals surface area (Å²) >= 11 is 0. The van der Waals surface area contributed by atoms with Crippen LogP contribution in [0.4, 0.5) is 33.2 Å². The number of sulfonamides is 1. The standard InChI is InChI=1S/C23H23FN6O2S/c1-15-11-12-16(2)30(15)18-8-6-7-17(13-18)26-23-25-14-19(24)22(28-23)27-20-9-4-5-10-21(20)29-33(3,31)32/h4-14,29H,1-3H3,(H2,25,26,27,28). The number of nitrogens with one attached hydrogen (secondary N) is 3. The lowest BCUT2D eigenvalue weighted by Crippen LogP contribution is -2.11. The Labute approximate surface area is 191 Å². The normalized spacial score (nSPS) is 11.3. The molecule has 2 heterocycles. The average Bonchev–Trinajstić information content (AvgIpc) is 3.09. The molecular weight excluding hydrogens is 443 g/mol. The van der Waals surface area contributed by atoms with Gasteiger partial charge in [0, 0.05) is 22.8 Å². The Kier molecular flexibility index (Phi) is 6.01. The summed E-state index contributed by atoms with van der Waals surface area (Å²) in [6, 6.07) is 18.4. The summed E-state index contributed by atoms with van der Waals surface area (Å²) in [6.45, 7) is 4.06. The second-order valence-electron chi connectivity index (χ2n) is 7.56. The smallest absolute Gasteiger partial charge is 0.229 e. The lowest BCUT2D eigenvalue weighted by molar-refractivity contribution is 0.607. The Hall–Kier alpha value is -3.92. The van der Waals surface area contributed by atoms with E-state index < -0.39 is 15.8 Å². The van der Waals surface area contributed by atoms with Crippen LogP contribution in [0.1, 0.15) is 11.4 Å². The van der Waals surface area contributed by atoms with Crippen LogP contribution in [-0.2, 0) is 10.0 Å². The van der Waals surface area contributed by atoms with E-state index in [0.29, 0.717) is 5.69 Å². The van der Waals surface area contributed by atoms with Crippen molar-refractivity contribution in [1.29, 1.82) is 0 Å². The van der Waals surface area contributed by atoms with E-state index in [9.17, 15) is 12.8 Å². The van der Waals surface area contributed by atoms with Crippen LogP contribution < -0.4 is 15.4 Å². The van der Waals surface area contributed by atoms with E-state index in [4.69, 9.17) is 0 Å². The molecule has 10 heteroatoms. The highest BCUT2D eigenvalue weighted by atomic mass is 32.2. The number of aromatic nitrogens is 3. The molecule has 0 saturated carbocycles. The quantitative estimate of drug-likeness (QED) is 0.359. The molecule has 2 aromatic heterocycles. The number of para-hydroxylation sites is 2. The number of aryl methyl sites for hydroxylation is 2. The summed E-state index contributed by atoms with van der Waals surface area (Å²) in [5, 5.41) is 5.94. The zero-order valence-corrected chi connectivity index (χ0v) is 19.1. The molecule has 0 atom stereocenters. The van der Waals surface area contributed by atoms with Crippen LogP contribution in [0.25, 0.3) is 5.69 Å². The lowest BCUT2D eigenvalue weighted by atomic mass is 10.2. The molecule has 4 aromatic rings. The first-order valence-electron chi connectivity index (χ1n) is 10.1. The minimum atomic E-state index is -3.51. The number of nitrogens with zero attached hydrogens (tertiary/aromatic N) is 3. The van der Waals surface area contributed by atoms with Gasteiger partial charge in [0.25, 0.3) is 0 Å². The number of halogens is 1. The van der Waals surface area contributed by atoms with Gasteiger partial charge in [-0.25, -0.2) is 17.8 Å². The van der Waals surface area contributed by atoms with Crippen LogP contribution in [0.15, 0.2) is 66.9 Å². The maximum Gasteiger partial charge on any atom is 0.229 e. The van der Waals surface area contributed by atoms with E-state index in [1.54, 1.807) is 24.3 Å². The predicted molar refractivity (Wildman–Crippen MR) is 129 cm³/mol. The van der Waals surface area contributed by atoms with Crippen molar-refractivity contribution >= 4 is 38.9 Å². The minimum Gasteiger partial charge on any atom is -0.336 e. The summed E-state index contributed by atoms with van der Waals surface area (Å²) in [5.74, 6) is -0.587. The molecule has 33 heavy (non-hydrogen) atoms. The van der Waals surface area contributed by atoms with Gasteiger partial charge in [0.1, 0.15) is 0 Å². The molecule has 0 saturated heterocycles. The summed E-state index contributed by atoms with van der Waals surface area (Å²) in [4.78, 5) is 8.27. The van der Waals surface area contributed by atoms with E-state index in [0.717, 1.165) is 35.2 Å². The summed E-state index contributed by atoms with van der Waals surface area (Å²) in [5.41, 5.74) is 4.55. The van der Waals surface area contributed by atoms with Crippen LogP contribution in [-0.4, -0.2) is 29.2 Å². The molecule has 2 aromatic carbocycles. The van der Waals surface area contributed by atoms with Gasteiger partial charge in [-0.1, -0.05) is 18.2 Å². The Balaban J connectivity index is 1.60. The maximum absolute atomic E-state index is 14.4. The summed E-state index contributed by atoms with van der Waals surface area (Å²) in [7, 11) is -3.51. The van der Waals surface area contributed by atoms with Crippen molar-refractivity contribution in [3.05, 3.63) is 84.1 Å². The zero-order valence-electron chi connectivity index (χ0n) is 18.3. The molecule has 8 nitrogen and oxygen atoms in total. The van der Waals surface area contributed by atoms with Crippen molar-refractivity contribution in [1.82, 2.24) is 14.5 Å². The average molecular weight is 467 g/mol. The second kappa shape index (κ2) is 8.91. The number of benzene rings is 2. The Morgan fingerprint density at radius 2 is 1.61 bits per heavy atom. The molecule has 0 aliphatic rings. The van der Waals surface area contributed by atoms with Crippen molar-refractivity contribution in [2.75, 3.05) is 21.6 Å². The van der Waals surface area contributed by atoms with Gasteiger partial charge >= 0.3 is 0 Å². The first-order valence-corrected chi connectivity index (χ1v) is 12.0. The Morgan fingerprint density at radius 1 is 0.909 bits per heavy atom. The van der Waals surface area contributed by atoms with Crippen LogP contribution in [0.5, 0.6) is 0 Å². The topological polar surface area (TPSA) is 101 Å². The predicted octanol–water partition coefficient (Wildman–Crippen LogP) is 4.88. The molecule has 170 valence electrons. The summed E-state index contributed by atoms with van der Waals surface area (Å²) < 4.78 is 42.2. The number of hydrogen-bond acceptors (Lipinski definition) is 6. The molecule has 0 bridgehead atoms. The van der Waals surface area contributed by atoms with E-state index in [2.05, 4.69) is 29.9 Å². The van der Waals surface area contributed by atoms with E-state index in [1.807, 2.05) is 50.2 Å². The molecule has 0 aliphatic carbocycles. The third kappa shape index (κ3) is 5.29. The highest BCUT2D eigenvalue weighted by molar-refractivity contribution is 7.92. The van der Waals surface area contributed by atoms with Crippen LogP contribution in [0.2, 0.25) is 0 Å². The molecule has 0 spiro atoms. The van der Waals surface area contributed by atoms with E-state index in [1.165, 1.54) is 0 Å². The molecule has 0 unspecified atom stereocenters. The number of hydrogen-bond donors (Lipinski definition) is 3. The highest BCUT2D eigenvalue weighted by Crippen LogP contribution is 2.27. The molecule has 4 rings (SSSR count). The van der Waals surface area contributed by atoms with E-state index >= 15 is 0 Å². The molecule has 0 radical (unpaired) electrons. The van der Waals surface area contributed by atoms with Crippen molar-refractivity contribution in [2.45, 2.75) is 13.8 Å². The van der Waals surface area contributed by atoms with Crippen molar-refractivity contribution < 1.29 is 12.8 Å². The first-order chi connectivity index (χ1) is 15.7. The monoisotopic (exact) mass is 466 g/mol. The Morgan fingerprint density at radius 3 is 2.30 bits per heavy atom. The van der Waals surface area contributed by atoms with Gasteiger partial charge in [0.05, 0.1) is 23.8 Å². The van der Waals surface area contributed by atoms with Gasteiger partial charge in [-0.2, -0.15) is 4.98 Å². The fourth-order valence-corrected chi connectivity index (χ4v) is 4.03. The minimum absolute atomic E-state index is 0.0940. The third-order valence-electron chi connectivity index (χ3n) is 4.85. The van der Waals surface area contributed by atoms with Gasteiger partial charge in [-0.15, -0.1) is 0 Å². The fraction of sp³-hybridized carbons (Fsp3) is 0.130. The summed E-state index contributed by atoms with van der Waals surface area (Å²) in [6.07, 6.45) is 2.09. The number of rotatable bonds is 7. The third-order valence-corrected chi connectivity index (χ3v) is 5.44. The Bertz CT molecular complexity index is 1400. The first kappa shape index (κ1) is 22.3. The van der Waals surface area contributed by atoms with Crippen molar-refractivity contribution in [3.8, 4) is 5.69 Å². The second-order valence-corrected chi connectivity index (χ2v) is 9.31. The zero-order chi connectivity index (χ0) is 23.6. The molecule has 0 fully saturated rings. The van der Waals surface area contributed by atoms with Gasteiger partial charge < -0.3 is 15.2 Å². The van der Waals surface area contributed by atoms with Crippen LogP contribution >= 0.6 is 0 Å². The lowest BCUT2D eigenvalue weighted by Gasteiger charge is -2.14. The molecule has 0 amide bonds. The molecule has 0 aliphatic heterocycles. The molecule has 3 N–H and O–H groups in total. The van der Waals surface area contributed by atoms with Gasteiger partial charge in [0.2, 0.25) is 16.0 Å². The maximum atomic E-state index is 14.4. The van der Waals surface area contributed by atoms with Crippen molar-refractivity contribution in [2.24, 2.45) is 0 Å². The number of anilines is 5.